The second-order valence-corrected chi connectivity index (χ2v) is 13.6. The van der Waals surface area contributed by atoms with Crippen molar-refractivity contribution in [2.75, 3.05) is 13.1 Å². The van der Waals surface area contributed by atoms with Crippen molar-refractivity contribution in [1.29, 1.82) is 0 Å². The standard InChI is InChI=1S/C32H50N2O/c1-6-10-24-20-33-34(21-24)22-31(5,35)29-12-9-11-27-25-16-18-32(8-3)19-23(7-2)13-14-28(32)26(25)15-17-30(27,29)4/h8,20,23-29,35H,3,7,9,11-19,21-22H2,1-2,4-5H3/t23?,24?,25?,26?,27?,28?,29-,30-,31-,32?/m0/s1. The first-order valence-corrected chi connectivity index (χ1v) is 14.8. The molecule has 0 aromatic heterocycles. The van der Waals surface area contributed by atoms with Gasteiger partial charge in [0.25, 0.3) is 0 Å². The van der Waals surface area contributed by atoms with E-state index in [4.69, 9.17) is 0 Å². The lowest BCUT2D eigenvalue weighted by Crippen LogP contribution is -2.60. The number of hydrogen-bond acceptors (Lipinski definition) is 3. The van der Waals surface area contributed by atoms with Gasteiger partial charge >= 0.3 is 0 Å². The molecule has 0 aromatic carbocycles. The predicted molar refractivity (Wildman–Crippen MR) is 146 cm³/mol. The van der Waals surface area contributed by atoms with Crippen molar-refractivity contribution in [3.8, 4) is 11.8 Å². The Morgan fingerprint density at radius 1 is 1.14 bits per heavy atom. The molecule has 0 radical (unpaired) electrons. The summed E-state index contributed by atoms with van der Waals surface area (Å²) < 4.78 is 0. The molecular weight excluding hydrogens is 428 g/mol. The highest BCUT2D eigenvalue weighted by molar-refractivity contribution is 5.66. The average molecular weight is 479 g/mol. The van der Waals surface area contributed by atoms with Crippen LogP contribution in [-0.4, -0.2) is 35.0 Å². The van der Waals surface area contributed by atoms with Crippen LogP contribution >= 0.6 is 0 Å². The highest BCUT2D eigenvalue weighted by Gasteiger charge is 2.60. The Bertz CT molecular complexity index is 882. The summed E-state index contributed by atoms with van der Waals surface area (Å²) in [5.74, 6) is 11.0. The Morgan fingerprint density at radius 3 is 2.66 bits per heavy atom. The molecule has 0 saturated heterocycles. The number of allylic oxidation sites excluding steroid dienone is 1. The number of rotatable bonds is 5. The Labute approximate surface area is 215 Å². The molecule has 10 atom stereocenters. The molecule has 35 heavy (non-hydrogen) atoms. The van der Waals surface area contributed by atoms with Crippen LogP contribution in [0.4, 0.5) is 0 Å². The van der Waals surface area contributed by atoms with Crippen LogP contribution in [0.3, 0.4) is 0 Å². The number of aliphatic hydroxyl groups is 1. The van der Waals surface area contributed by atoms with Gasteiger partial charge < -0.3 is 5.11 Å². The summed E-state index contributed by atoms with van der Waals surface area (Å²) in [6.07, 6.45) is 19.1. The van der Waals surface area contributed by atoms with Gasteiger partial charge in [0.15, 0.2) is 0 Å². The van der Waals surface area contributed by atoms with Gasteiger partial charge in [-0.2, -0.15) is 5.10 Å². The monoisotopic (exact) mass is 478 g/mol. The molecule has 4 fully saturated rings. The third-order valence-corrected chi connectivity index (χ3v) is 11.9. The largest absolute Gasteiger partial charge is 0.388 e. The van der Waals surface area contributed by atoms with Crippen molar-refractivity contribution in [2.45, 2.75) is 104 Å². The van der Waals surface area contributed by atoms with E-state index in [1.165, 1.54) is 64.2 Å². The van der Waals surface area contributed by atoms with Crippen LogP contribution in [0.1, 0.15) is 98.3 Å². The molecule has 1 N–H and O–H groups in total. The first-order valence-electron chi connectivity index (χ1n) is 14.8. The molecular formula is C32H50N2O. The van der Waals surface area contributed by atoms with Crippen LogP contribution in [0.25, 0.3) is 0 Å². The maximum absolute atomic E-state index is 12.0. The molecule has 3 heteroatoms. The molecule has 1 aliphatic heterocycles. The van der Waals surface area contributed by atoms with E-state index in [-0.39, 0.29) is 11.3 Å². The summed E-state index contributed by atoms with van der Waals surface area (Å²) in [5.41, 5.74) is -0.0757. The zero-order valence-corrected chi connectivity index (χ0v) is 22.9. The normalized spacial score (nSPS) is 46.4. The molecule has 5 aliphatic rings. The smallest absolute Gasteiger partial charge is 0.0843 e. The van der Waals surface area contributed by atoms with Crippen LogP contribution in [-0.2, 0) is 0 Å². The summed E-state index contributed by atoms with van der Waals surface area (Å²) in [6.45, 7) is 14.8. The number of hydrazone groups is 1. The summed E-state index contributed by atoms with van der Waals surface area (Å²) in [4.78, 5) is 0. The SMILES string of the molecule is C=CC12CCC3C(CC[C@@]4(C)C3CCC[C@@H]4[C@@](C)(O)CN3CC(C#CC)C=N3)C1CCC(CC)C2. The van der Waals surface area contributed by atoms with Crippen molar-refractivity contribution in [1.82, 2.24) is 5.01 Å². The van der Waals surface area contributed by atoms with Gasteiger partial charge in [-0.3, -0.25) is 5.01 Å². The summed E-state index contributed by atoms with van der Waals surface area (Å²) in [7, 11) is 0. The van der Waals surface area contributed by atoms with E-state index >= 15 is 0 Å². The molecule has 1 heterocycles. The van der Waals surface area contributed by atoms with E-state index in [1.54, 1.807) is 0 Å². The lowest BCUT2D eigenvalue weighted by atomic mass is 9.41. The van der Waals surface area contributed by atoms with Crippen LogP contribution < -0.4 is 0 Å². The number of hydrogen-bond donors (Lipinski definition) is 1. The molecule has 0 amide bonds. The highest BCUT2D eigenvalue weighted by atomic mass is 16.3. The van der Waals surface area contributed by atoms with Crippen LogP contribution in [0, 0.1) is 64.1 Å². The Balaban J connectivity index is 1.34. The quantitative estimate of drug-likeness (QED) is 0.344. The lowest BCUT2D eigenvalue weighted by molar-refractivity contribution is -0.172. The third-order valence-electron chi connectivity index (χ3n) is 11.9. The molecule has 0 aromatic rings. The first kappa shape index (κ1) is 25.4. The van der Waals surface area contributed by atoms with Crippen LogP contribution in [0.5, 0.6) is 0 Å². The zero-order valence-electron chi connectivity index (χ0n) is 22.9. The van der Waals surface area contributed by atoms with Gasteiger partial charge in [-0.15, -0.1) is 12.5 Å². The van der Waals surface area contributed by atoms with Gasteiger partial charge in [0.05, 0.1) is 24.6 Å². The van der Waals surface area contributed by atoms with Crippen molar-refractivity contribution in [2.24, 2.45) is 57.4 Å². The van der Waals surface area contributed by atoms with Crippen molar-refractivity contribution >= 4 is 6.21 Å². The molecule has 3 nitrogen and oxygen atoms in total. The van der Waals surface area contributed by atoms with E-state index in [0.29, 0.717) is 17.9 Å². The second-order valence-electron chi connectivity index (χ2n) is 13.6. The van der Waals surface area contributed by atoms with Gasteiger partial charge in [-0.1, -0.05) is 45.1 Å². The average Bonchev–Trinajstić information content (AvgIpc) is 3.28. The Kier molecular flexibility index (Phi) is 6.93. The van der Waals surface area contributed by atoms with Crippen molar-refractivity contribution in [3.05, 3.63) is 12.7 Å². The molecule has 0 spiro atoms. The summed E-state index contributed by atoms with van der Waals surface area (Å²) in [5, 5.41) is 18.7. The maximum atomic E-state index is 12.0. The van der Waals surface area contributed by atoms with Crippen molar-refractivity contribution < 1.29 is 5.11 Å². The fraction of sp³-hybridized carbons (Fsp3) is 0.844. The second kappa shape index (κ2) is 9.55. The molecule has 4 saturated carbocycles. The number of nitrogens with zero attached hydrogens (tertiary/aromatic N) is 2. The van der Waals surface area contributed by atoms with E-state index in [9.17, 15) is 5.11 Å². The van der Waals surface area contributed by atoms with Gasteiger partial charge in [0.2, 0.25) is 0 Å². The molecule has 194 valence electrons. The van der Waals surface area contributed by atoms with Gasteiger partial charge in [0.1, 0.15) is 0 Å². The minimum atomic E-state index is -0.717. The number of β-amino-alcohol motifs (C(OH)–C–C–N with tert-alkyl or cyclic N) is 1. The lowest BCUT2D eigenvalue weighted by Gasteiger charge is -2.64. The molecule has 5 rings (SSSR count). The van der Waals surface area contributed by atoms with Crippen molar-refractivity contribution in [3.63, 3.8) is 0 Å². The van der Waals surface area contributed by atoms with E-state index in [0.717, 1.165) is 42.6 Å². The Hall–Kier alpha value is -1.27. The highest BCUT2D eigenvalue weighted by Crippen LogP contribution is 2.67. The zero-order chi connectivity index (χ0) is 24.8. The first-order chi connectivity index (χ1) is 16.8. The fourth-order valence-corrected chi connectivity index (χ4v) is 10.3. The summed E-state index contributed by atoms with van der Waals surface area (Å²) in [6, 6.07) is 0. The van der Waals surface area contributed by atoms with E-state index in [2.05, 4.69) is 55.4 Å². The summed E-state index contributed by atoms with van der Waals surface area (Å²) >= 11 is 0. The predicted octanol–water partition coefficient (Wildman–Crippen LogP) is 6.92. The van der Waals surface area contributed by atoms with E-state index in [1.807, 2.05) is 13.1 Å². The van der Waals surface area contributed by atoms with Gasteiger partial charge in [-0.05, 0) is 112 Å². The van der Waals surface area contributed by atoms with Gasteiger partial charge in [-0.25, -0.2) is 0 Å². The molecule has 7 unspecified atom stereocenters. The minimum Gasteiger partial charge on any atom is -0.388 e. The van der Waals surface area contributed by atoms with Gasteiger partial charge in [0, 0.05) is 6.21 Å². The third kappa shape index (κ3) is 4.31. The Morgan fingerprint density at radius 2 is 1.91 bits per heavy atom. The van der Waals surface area contributed by atoms with Crippen LogP contribution in [0.2, 0.25) is 0 Å². The maximum Gasteiger partial charge on any atom is 0.0843 e. The minimum absolute atomic E-state index is 0.205. The molecule has 4 aliphatic carbocycles. The number of fused-ring (bicyclic) bond motifs is 5. The fourth-order valence-electron chi connectivity index (χ4n) is 10.3. The van der Waals surface area contributed by atoms with E-state index < -0.39 is 5.60 Å². The van der Waals surface area contributed by atoms with Crippen LogP contribution in [0.15, 0.2) is 17.8 Å². The molecule has 0 bridgehead atoms. The topological polar surface area (TPSA) is 35.8 Å².